The number of carbonyl (C=O) groups is 1. The fraction of sp³-hybridized carbons (Fsp3) is 0.417. The van der Waals surface area contributed by atoms with Gasteiger partial charge in [0.15, 0.2) is 0 Å². The van der Waals surface area contributed by atoms with E-state index in [-0.39, 0.29) is 23.7 Å². The molecule has 1 amide bonds. The van der Waals surface area contributed by atoms with E-state index in [1.165, 1.54) is 39.2 Å². The van der Waals surface area contributed by atoms with Crippen LogP contribution in [0.25, 0.3) is 0 Å². The Labute approximate surface area is 195 Å². The van der Waals surface area contributed by atoms with Gasteiger partial charge in [-0.3, -0.25) is 4.79 Å². The highest BCUT2D eigenvalue weighted by Gasteiger charge is 2.30. The third-order valence-corrected chi connectivity index (χ3v) is 7.36. The summed E-state index contributed by atoms with van der Waals surface area (Å²) in [6.45, 7) is -0.342. The second-order valence-electron chi connectivity index (χ2n) is 7.90. The summed E-state index contributed by atoms with van der Waals surface area (Å²) in [6, 6.07) is 13.6. The van der Waals surface area contributed by atoms with Crippen molar-refractivity contribution in [2.75, 3.05) is 20.8 Å². The summed E-state index contributed by atoms with van der Waals surface area (Å²) >= 11 is 0. The van der Waals surface area contributed by atoms with Crippen molar-refractivity contribution in [3.63, 3.8) is 0 Å². The molecule has 33 heavy (non-hydrogen) atoms. The van der Waals surface area contributed by atoms with Gasteiger partial charge in [-0.05, 0) is 43.4 Å². The molecule has 1 N–H and O–H groups in total. The molecular weight excluding hydrogens is 442 g/mol. The SMILES string of the molecule is COc1ccc(S(=O)(=O)N(CC(=O)NN=C2CCCCCC2)Cc2ccccc2)c(OC)c1. The number of hydrazone groups is 1. The zero-order chi connectivity index (χ0) is 23.7. The van der Waals surface area contributed by atoms with Crippen LogP contribution in [0.4, 0.5) is 0 Å². The molecule has 0 atom stereocenters. The van der Waals surface area contributed by atoms with E-state index in [4.69, 9.17) is 9.47 Å². The molecule has 8 nitrogen and oxygen atoms in total. The predicted octanol–water partition coefficient (Wildman–Crippen LogP) is 3.72. The van der Waals surface area contributed by atoms with Gasteiger partial charge in [0.2, 0.25) is 10.0 Å². The van der Waals surface area contributed by atoms with Crippen molar-refractivity contribution in [2.24, 2.45) is 5.10 Å². The summed E-state index contributed by atoms with van der Waals surface area (Å²) in [5.74, 6) is 0.127. The molecule has 0 heterocycles. The third-order valence-electron chi connectivity index (χ3n) is 5.53. The molecule has 1 aliphatic rings. The predicted molar refractivity (Wildman–Crippen MR) is 127 cm³/mol. The summed E-state index contributed by atoms with van der Waals surface area (Å²) < 4.78 is 38.8. The van der Waals surface area contributed by atoms with Gasteiger partial charge in [-0.1, -0.05) is 43.2 Å². The zero-order valence-corrected chi connectivity index (χ0v) is 19.9. The molecular formula is C24H31N3O5S. The molecule has 178 valence electrons. The summed E-state index contributed by atoms with van der Waals surface area (Å²) in [4.78, 5) is 12.7. The fourth-order valence-corrected chi connectivity index (χ4v) is 5.25. The van der Waals surface area contributed by atoms with Crippen LogP contribution >= 0.6 is 0 Å². The minimum atomic E-state index is -4.07. The van der Waals surface area contributed by atoms with Gasteiger partial charge in [-0.25, -0.2) is 13.8 Å². The summed E-state index contributed by atoms with van der Waals surface area (Å²) in [7, 11) is -1.18. The van der Waals surface area contributed by atoms with Crippen LogP contribution in [0.5, 0.6) is 11.5 Å². The zero-order valence-electron chi connectivity index (χ0n) is 19.1. The van der Waals surface area contributed by atoms with Crippen LogP contribution in [0, 0.1) is 0 Å². The van der Waals surface area contributed by atoms with Crippen molar-refractivity contribution >= 4 is 21.6 Å². The Morgan fingerprint density at radius 2 is 1.70 bits per heavy atom. The Hall–Kier alpha value is -2.91. The van der Waals surface area contributed by atoms with Crippen molar-refractivity contribution < 1.29 is 22.7 Å². The van der Waals surface area contributed by atoms with E-state index in [1.54, 1.807) is 6.07 Å². The number of nitrogens with one attached hydrogen (secondary N) is 1. The van der Waals surface area contributed by atoms with Crippen molar-refractivity contribution in [3.8, 4) is 11.5 Å². The van der Waals surface area contributed by atoms with Gasteiger partial charge in [-0.2, -0.15) is 9.41 Å². The molecule has 9 heteroatoms. The quantitative estimate of drug-likeness (QED) is 0.442. The van der Waals surface area contributed by atoms with E-state index in [1.807, 2.05) is 30.3 Å². The van der Waals surface area contributed by atoms with Gasteiger partial charge in [0.1, 0.15) is 16.4 Å². The number of ether oxygens (including phenoxy) is 2. The van der Waals surface area contributed by atoms with E-state index >= 15 is 0 Å². The molecule has 2 aromatic rings. The lowest BCUT2D eigenvalue weighted by molar-refractivity contribution is -0.121. The van der Waals surface area contributed by atoms with E-state index in [9.17, 15) is 13.2 Å². The highest BCUT2D eigenvalue weighted by Crippen LogP contribution is 2.31. The molecule has 0 saturated heterocycles. The van der Waals surface area contributed by atoms with Crippen LogP contribution in [0.3, 0.4) is 0 Å². The Morgan fingerprint density at radius 3 is 2.33 bits per heavy atom. The average molecular weight is 474 g/mol. The number of rotatable bonds is 9. The first-order valence-corrected chi connectivity index (χ1v) is 12.5. The molecule has 3 rings (SSSR count). The maximum absolute atomic E-state index is 13.6. The number of benzene rings is 2. The number of sulfonamides is 1. The topological polar surface area (TPSA) is 97.3 Å². The Bertz CT molecular complexity index is 1060. The Kier molecular flexibility index (Phi) is 8.85. The molecule has 0 unspecified atom stereocenters. The number of hydrogen-bond acceptors (Lipinski definition) is 6. The minimum absolute atomic E-state index is 0.0301. The number of carbonyl (C=O) groups excluding carboxylic acids is 1. The van der Waals surface area contributed by atoms with Crippen molar-refractivity contribution in [1.82, 2.24) is 9.73 Å². The standard InChI is InChI=1S/C24H31N3O5S/c1-31-21-14-15-23(22(16-21)32-2)33(29,30)27(17-19-10-6-5-7-11-19)18-24(28)26-25-20-12-8-3-4-9-13-20/h5-7,10-11,14-16H,3-4,8-9,12-13,17-18H2,1-2H3,(H,26,28). The second kappa shape index (κ2) is 11.8. The first-order chi connectivity index (χ1) is 15.9. The number of methoxy groups -OCH3 is 2. The highest BCUT2D eigenvalue weighted by molar-refractivity contribution is 7.89. The molecule has 2 aromatic carbocycles. The summed E-state index contributed by atoms with van der Waals surface area (Å²) in [6.07, 6.45) is 6.16. The fourth-order valence-electron chi connectivity index (χ4n) is 3.73. The molecule has 0 aliphatic heterocycles. The van der Waals surface area contributed by atoms with E-state index < -0.39 is 15.9 Å². The average Bonchev–Trinajstić information content (AvgIpc) is 3.11. The number of amides is 1. The van der Waals surface area contributed by atoms with Crippen LogP contribution in [0.1, 0.15) is 44.1 Å². The van der Waals surface area contributed by atoms with Gasteiger partial charge in [0, 0.05) is 18.3 Å². The van der Waals surface area contributed by atoms with Crippen LogP contribution < -0.4 is 14.9 Å². The third kappa shape index (κ3) is 6.79. The minimum Gasteiger partial charge on any atom is -0.497 e. The maximum Gasteiger partial charge on any atom is 0.255 e. The lowest BCUT2D eigenvalue weighted by atomic mass is 10.2. The summed E-state index contributed by atoms with van der Waals surface area (Å²) in [5, 5.41) is 4.27. The smallest absolute Gasteiger partial charge is 0.255 e. The molecule has 1 aliphatic carbocycles. The van der Waals surface area contributed by atoms with Crippen molar-refractivity contribution in [3.05, 3.63) is 54.1 Å². The highest BCUT2D eigenvalue weighted by atomic mass is 32.2. The van der Waals surface area contributed by atoms with E-state index in [0.717, 1.165) is 41.3 Å². The normalized spacial score (nSPS) is 14.5. The Balaban J connectivity index is 1.86. The lowest BCUT2D eigenvalue weighted by Crippen LogP contribution is -2.39. The van der Waals surface area contributed by atoms with Crippen LogP contribution in [-0.4, -0.2) is 45.1 Å². The Morgan fingerprint density at radius 1 is 1.00 bits per heavy atom. The number of hydrogen-bond donors (Lipinski definition) is 1. The lowest BCUT2D eigenvalue weighted by Gasteiger charge is -2.23. The first-order valence-electron chi connectivity index (χ1n) is 11.0. The van der Waals surface area contributed by atoms with Gasteiger partial charge >= 0.3 is 0 Å². The monoisotopic (exact) mass is 473 g/mol. The molecule has 1 fully saturated rings. The molecule has 0 aromatic heterocycles. The molecule has 0 spiro atoms. The van der Waals surface area contributed by atoms with Gasteiger partial charge in [-0.15, -0.1) is 0 Å². The van der Waals surface area contributed by atoms with Crippen LogP contribution in [0.2, 0.25) is 0 Å². The first kappa shape index (κ1) is 24.7. The molecule has 0 bridgehead atoms. The van der Waals surface area contributed by atoms with E-state index in [2.05, 4.69) is 10.5 Å². The molecule has 0 radical (unpaired) electrons. The van der Waals surface area contributed by atoms with Gasteiger partial charge in [0.25, 0.3) is 5.91 Å². The van der Waals surface area contributed by atoms with Gasteiger partial charge < -0.3 is 9.47 Å². The second-order valence-corrected chi connectivity index (χ2v) is 9.81. The van der Waals surface area contributed by atoms with Crippen molar-refractivity contribution in [1.29, 1.82) is 0 Å². The van der Waals surface area contributed by atoms with Gasteiger partial charge in [0.05, 0.1) is 20.8 Å². The largest absolute Gasteiger partial charge is 0.497 e. The maximum atomic E-state index is 13.6. The van der Waals surface area contributed by atoms with Crippen LogP contribution in [0.15, 0.2) is 58.5 Å². The number of nitrogens with zero attached hydrogens (tertiary/aromatic N) is 2. The van der Waals surface area contributed by atoms with E-state index in [0.29, 0.717) is 5.75 Å². The van der Waals surface area contributed by atoms with Crippen LogP contribution in [-0.2, 0) is 21.4 Å². The molecule has 1 saturated carbocycles. The summed E-state index contributed by atoms with van der Waals surface area (Å²) in [5.41, 5.74) is 4.27. The van der Waals surface area contributed by atoms with Crippen molar-refractivity contribution in [2.45, 2.75) is 50.0 Å².